The molecule has 0 aliphatic rings. The van der Waals surface area contributed by atoms with Crippen molar-refractivity contribution in [3.05, 3.63) is 27.7 Å². The Morgan fingerprint density at radius 2 is 2.19 bits per heavy atom. The molecule has 0 atom stereocenters. The fraction of sp³-hybridized carbons (Fsp3) is 0.333. The molecule has 1 rings (SSSR count). The second-order valence-corrected chi connectivity index (χ2v) is 3.99. The molecule has 16 heavy (non-hydrogen) atoms. The van der Waals surface area contributed by atoms with Gasteiger partial charge in [-0.15, -0.1) is 6.42 Å². The van der Waals surface area contributed by atoms with Gasteiger partial charge in [-0.2, -0.15) is 0 Å². The van der Waals surface area contributed by atoms with E-state index in [4.69, 9.17) is 34.4 Å². The molecule has 0 aliphatic carbocycles. The SMILES string of the molecule is C#CCOc1c(Cl)cc(Cl)cc1CNCC. The number of rotatable bonds is 5. The zero-order chi connectivity index (χ0) is 12.0. The van der Waals surface area contributed by atoms with Gasteiger partial charge in [-0.3, -0.25) is 0 Å². The van der Waals surface area contributed by atoms with Crippen LogP contribution in [-0.2, 0) is 6.54 Å². The van der Waals surface area contributed by atoms with Gasteiger partial charge in [0.2, 0.25) is 0 Å². The van der Waals surface area contributed by atoms with Crippen molar-refractivity contribution in [2.45, 2.75) is 13.5 Å². The van der Waals surface area contributed by atoms with E-state index in [0.717, 1.165) is 12.1 Å². The minimum atomic E-state index is 0.195. The third-order valence-corrected chi connectivity index (χ3v) is 2.45. The van der Waals surface area contributed by atoms with Crippen LogP contribution in [0.3, 0.4) is 0 Å². The van der Waals surface area contributed by atoms with Crippen LogP contribution in [-0.4, -0.2) is 13.2 Å². The van der Waals surface area contributed by atoms with Crippen LogP contribution in [0.2, 0.25) is 10.0 Å². The molecule has 1 aromatic carbocycles. The molecule has 0 bridgehead atoms. The summed E-state index contributed by atoms with van der Waals surface area (Å²) in [5.74, 6) is 3.01. The van der Waals surface area contributed by atoms with Crippen LogP contribution < -0.4 is 10.1 Å². The van der Waals surface area contributed by atoms with Gasteiger partial charge in [0.05, 0.1) is 5.02 Å². The Labute approximate surface area is 106 Å². The lowest BCUT2D eigenvalue weighted by Gasteiger charge is -2.12. The van der Waals surface area contributed by atoms with Gasteiger partial charge in [0, 0.05) is 17.1 Å². The Hall–Kier alpha value is -0.880. The first-order valence-electron chi connectivity index (χ1n) is 4.94. The Balaban J connectivity index is 2.96. The maximum atomic E-state index is 6.04. The molecule has 1 aromatic rings. The highest BCUT2D eigenvalue weighted by Gasteiger charge is 2.09. The average molecular weight is 258 g/mol. The molecule has 0 radical (unpaired) electrons. The van der Waals surface area contributed by atoms with Crippen molar-refractivity contribution in [1.82, 2.24) is 5.32 Å². The minimum absolute atomic E-state index is 0.195. The summed E-state index contributed by atoms with van der Waals surface area (Å²) in [6, 6.07) is 3.46. The van der Waals surface area contributed by atoms with E-state index >= 15 is 0 Å². The molecular weight excluding hydrogens is 245 g/mol. The van der Waals surface area contributed by atoms with Gasteiger partial charge in [0.15, 0.2) is 0 Å². The predicted molar refractivity (Wildman–Crippen MR) is 68.2 cm³/mol. The standard InChI is InChI=1S/C12H13Cl2NO/c1-3-5-16-12-9(8-15-4-2)6-10(13)7-11(12)14/h1,6-7,15H,4-5,8H2,2H3. The Kier molecular flexibility index (Phi) is 5.48. The number of terminal acetylenes is 1. The van der Waals surface area contributed by atoms with Crippen LogP contribution in [0.4, 0.5) is 0 Å². The van der Waals surface area contributed by atoms with E-state index in [0.29, 0.717) is 22.3 Å². The fourth-order valence-electron chi connectivity index (χ4n) is 1.28. The first-order valence-corrected chi connectivity index (χ1v) is 5.69. The van der Waals surface area contributed by atoms with Crippen LogP contribution in [0.25, 0.3) is 0 Å². The van der Waals surface area contributed by atoms with E-state index in [1.807, 2.05) is 13.0 Å². The molecule has 0 fully saturated rings. The molecule has 0 saturated carbocycles. The molecule has 1 N–H and O–H groups in total. The van der Waals surface area contributed by atoms with Gasteiger partial charge in [0.25, 0.3) is 0 Å². The quantitative estimate of drug-likeness (QED) is 0.819. The number of benzene rings is 1. The molecule has 4 heteroatoms. The van der Waals surface area contributed by atoms with E-state index in [1.165, 1.54) is 0 Å². The fourth-order valence-corrected chi connectivity index (χ4v) is 1.87. The van der Waals surface area contributed by atoms with Crippen LogP contribution >= 0.6 is 23.2 Å². The third-order valence-electron chi connectivity index (χ3n) is 1.95. The largest absolute Gasteiger partial charge is 0.479 e. The molecule has 0 aromatic heterocycles. The molecule has 0 unspecified atom stereocenters. The molecule has 0 aliphatic heterocycles. The van der Waals surface area contributed by atoms with Gasteiger partial charge in [-0.05, 0) is 18.7 Å². The maximum Gasteiger partial charge on any atom is 0.148 e. The summed E-state index contributed by atoms with van der Waals surface area (Å²) in [4.78, 5) is 0. The summed E-state index contributed by atoms with van der Waals surface area (Å²) in [5, 5.41) is 4.26. The van der Waals surface area contributed by atoms with Crippen molar-refractivity contribution in [2.24, 2.45) is 0 Å². The van der Waals surface area contributed by atoms with Gasteiger partial charge in [0.1, 0.15) is 12.4 Å². The smallest absolute Gasteiger partial charge is 0.148 e. The lowest BCUT2D eigenvalue weighted by molar-refractivity contribution is 0.365. The van der Waals surface area contributed by atoms with E-state index < -0.39 is 0 Å². The highest BCUT2D eigenvalue weighted by atomic mass is 35.5. The Bertz CT molecular complexity index is 399. The van der Waals surface area contributed by atoms with Gasteiger partial charge < -0.3 is 10.1 Å². The number of halogens is 2. The topological polar surface area (TPSA) is 21.3 Å². The lowest BCUT2D eigenvalue weighted by Crippen LogP contribution is -2.13. The molecule has 86 valence electrons. The molecule has 0 spiro atoms. The Morgan fingerprint density at radius 1 is 1.44 bits per heavy atom. The van der Waals surface area contributed by atoms with Crippen LogP contribution in [0.15, 0.2) is 12.1 Å². The average Bonchev–Trinajstić information content (AvgIpc) is 2.24. The summed E-state index contributed by atoms with van der Waals surface area (Å²) in [5.41, 5.74) is 0.912. The first-order chi connectivity index (χ1) is 7.69. The summed E-state index contributed by atoms with van der Waals surface area (Å²) in [7, 11) is 0. The highest BCUT2D eigenvalue weighted by Crippen LogP contribution is 2.32. The lowest BCUT2D eigenvalue weighted by atomic mass is 10.2. The van der Waals surface area contributed by atoms with Crippen molar-refractivity contribution >= 4 is 23.2 Å². The van der Waals surface area contributed by atoms with Gasteiger partial charge in [-0.25, -0.2) is 0 Å². The summed E-state index contributed by atoms with van der Waals surface area (Å²) >= 11 is 12.0. The van der Waals surface area contributed by atoms with Crippen LogP contribution in [0.1, 0.15) is 12.5 Å². The summed E-state index contributed by atoms with van der Waals surface area (Å²) in [6.45, 7) is 3.73. The number of hydrogen-bond donors (Lipinski definition) is 1. The van der Waals surface area contributed by atoms with E-state index in [1.54, 1.807) is 6.07 Å². The van der Waals surface area contributed by atoms with Crippen LogP contribution in [0, 0.1) is 12.3 Å². The van der Waals surface area contributed by atoms with Crippen LogP contribution in [0.5, 0.6) is 5.75 Å². The second-order valence-electron chi connectivity index (χ2n) is 3.15. The van der Waals surface area contributed by atoms with E-state index in [2.05, 4.69) is 11.2 Å². The molecule has 2 nitrogen and oxygen atoms in total. The number of ether oxygens (including phenoxy) is 1. The predicted octanol–water partition coefficient (Wildman–Crippen LogP) is 3.11. The number of nitrogens with one attached hydrogen (secondary N) is 1. The second kappa shape index (κ2) is 6.65. The molecule has 0 saturated heterocycles. The maximum absolute atomic E-state index is 6.04. The van der Waals surface area contributed by atoms with Crippen molar-refractivity contribution in [2.75, 3.05) is 13.2 Å². The van der Waals surface area contributed by atoms with Crippen molar-refractivity contribution in [3.8, 4) is 18.1 Å². The zero-order valence-corrected chi connectivity index (χ0v) is 10.5. The highest BCUT2D eigenvalue weighted by molar-refractivity contribution is 6.35. The minimum Gasteiger partial charge on any atom is -0.479 e. The molecular formula is C12H13Cl2NO. The Morgan fingerprint density at radius 3 is 2.81 bits per heavy atom. The van der Waals surface area contributed by atoms with Crippen molar-refractivity contribution in [3.63, 3.8) is 0 Å². The van der Waals surface area contributed by atoms with Gasteiger partial charge in [-0.1, -0.05) is 36.0 Å². The molecule has 0 amide bonds. The van der Waals surface area contributed by atoms with E-state index in [9.17, 15) is 0 Å². The first kappa shape index (κ1) is 13.2. The normalized spacial score (nSPS) is 9.88. The summed E-state index contributed by atoms with van der Waals surface area (Å²) < 4.78 is 5.40. The monoisotopic (exact) mass is 257 g/mol. The van der Waals surface area contributed by atoms with Crippen molar-refractivity contribution < 1.29 is 4.74 Å². The van der Waals surface area contributed by atoms with Crippen molar-refractivity contribution in [1.29, 1.82) is 0 Å². The molecule has 0 heterocycles. The summed E-state index contributed by atoms with van der Waals surface area (Å²) in [6.07, 6.45) is 5.15. The zero-order valence-electron chi connectivity index (χ0n) is 9.02. The third kappa shape index (κ3) is 3.61. The number of hydrogen-bond acceptors (Lipinski definition) is 2. The van der Waals surface area contributed by atoms with E-state index in [-0.39, 0.29) is 6.61 Å². The van der Waals surface area contributed by atoms with Gasteiger partial charge >= 0.3 is 0 Å².